The minimum atomic E-state index is -0.466. The van der Waals surface area contributed by atoms with Crippen molar-refractivity contribution in [2.24, 2.45) is 0 Å². The Morgan fingerprint density at radius 2 is 2.00 bits per heavy atom. The van der Waals surface area contributed by atoms with Crippen molar-refractivity contribution in [1.29, 1.82) is 0 Å². The Labute approximate surface area is 156 Å². The van der Waals surface area contributed by atoms with Crippen molar-refractivity contribution in [2.45, 2.75) is 0 Å². The first kappa shape index (κ1) is 17.6. The number of pyridine rings is 1. The van der Waals surface area contributed by atoms with E-state index < -0.39 is 4.92 Å². The van der Waals surface area contributed by atoms with Crippen LogP contribution in [-0.2, 0) is 4.79 Å². The highest BCUT2D eigenvalue weighted by atomic mass is 79.9. The van der Waals surface area contributed by atoms with Gasteiger partial charge in [0, 0.05) is 22.8 Å². The van der Waals surface area contributed by atoms with E-state index in [4.69, 9.17) is 4.42 Å². The second-order valence-corrected chi connectivity index (χ2v) is 6.08. The summed E-state index contributed by atoms with van der Waals surface area (Å²) in [4.78, 5) is 26.6. The molecule has 0 bridgehead atoms. The van der Waals surface area contributed by atoms with Gasteiger partial charge in [-0.15, -0.1) is 0 Å². The number of furan rings is 1. The second kappa shape index (κ2) is 7.75. The van der Waals surface area contributed by atoms with Gasteiger partial charge < -0.3 is 9.73 Å². The third-order valence-electron chi connectivity index (χ3n) is 3.37. The van der Waals surface area contributed by atoms with Crippen LogP contribution in [0.25, 0.3) is 17.4 Å². The maximum absolute atomic E-state index is 11.9. The number of nitrogens with one attached hydrogen (secondary N) is 1. The molecule has 7 nitrogen and oxygen atoms in total. The molecule has 26 heavy (non-hydrogen) atoms. The molecule has 0 saturated heterocycles. The van der Waals surface area contributed by atoms with E-state index in [1.165, 1.54) is 18.2 Å². The van der Waals surface area contributed by atoms with Gasteiger partial charge in [0.2, 0.25) is 5.91 Å². The van der Waals surface area contributed by atoms with Crippen molar-refractivity contribution in [3.63, 3.8) is 0 Å². The molecule has 0 spiro atoms. The normalized spacial score (nSPS) is 10.8. The topological polar surface area (TPSA) is 98.3 Å². The zero-order chi connectivity index (χ0) is 18.5. The number of hydrogen-bond donors (Lipinski definition) is 1. The number of aromatic nitrogens is 1. The Bertz CT molecular complexity index is 980. The smallest absolute Gasteiger partial charge is 0.280 e. The Balaban J connectivity index is 1.72. The van der Waals surface area contributed by atoms with E-state index in [0.717, 1.165) is 4.47 Å². The van der Waals surface area contributed by atoms with Gasteiger partial charge in [-0.2, -0.15) is 0 Å². The summed E-state index contributed by atoms with van der Waals surface area (Å²) in [5.41, 5.74) is 0.331. The number of hydrogen-bond acceptors (Lipinski definition) is 5. The summed E-state index contributed by atoms with van der Waals surface area (Å²) in [6.07, 6.45) is 4.35. The lowest BCUT2D eigenvalue weighted by atomic mass is 10.1. The fraction of sp³-hybridized carbons (Fsp3) is 0. The Morgan fingerprint density at radius 3 is 2.73 bits per heavy atom. The molecule has 0 atom stereocenters. The van der Waals surface area contributed by atoms with Gasteiger partial charge in [0.15, 0.2) is 0 Å². The monoisotopic (exact) mass is 413 g/mol. The lowest BCUT2D eigenvalue weighted by molar-refractivity contribution is -0.384. The number of nitro groups is 1. The number of carbonyl (C=O) groups excluding carboxylic acids is 1. The molecule has 3 rings (SSSR count). The molecule has 2 aromatic heterocycles. The number of anilines is 1. The third-order valence-corrected chi connectivity index (χ3v) is 3.84. The summed E-state index contributed by atoms with van der Waals surface area (Å²) in [5, 5.41) is 13.7. The summed E-state index contributed by atoms with van der Waals surface area (Å²) in [6, 6.07) is 13.0. The SMILES string of the molecule is O=C(C=Cc1ccc(-c2ccccc2[N+](=O)[O-])o1)Nc1ccc(Br)cn1. The zero-order valence-electron chi connectivity index (χ0n) is 13.3. The number of benzene rings is 1. The maximum Gasteiger partial charge on any atom is 0.280 e. The number of halogens is 1. The molecule has 3 aromatic rings. The highest BCUT2D eigenvalue weighted by Crippen LogP contribution is 2.31. The zero-order valence-corrected chi connectivity index (χ0v) is 14.8. The van der Waals surface area contributed by atoms with E-state index in [-0.39, 0.29) is 11.6 Å². The van der Waals surface area contributed by atoms with Crippen LogP contribution in [-0.4, -0.2) is 15.8 Å². The van der Waals surface area contributed by atoms with Crippen LogP contribution in [0.15, 0.2) is 69.7 Å². The van der Waals surface area contributed by atoms with Gasteiger partial charge in [-0.1, -0.05) is 12.1 Å². The average Bonchev–Trinajstić information content (AvgIpc) is 3.11. The van der Waals surface area contributed by atoms with Gasteiger partial charge in [-0.05, 0) is 52.3 Å². The average molecular weight is 414 g/mol. The van der Waals surface area contributed by atoms with Gasteiger partial charge in [-0.3, -0.25) is 14.9 Å². The molecule has 1 amide bonds. The number of rotatable bonds is 5. The van der Waals surface area contributed by atoms with Crippen LogP contribution >= 0.6 is 15.9 Å². The summed E-state index contributed by atoms with van der Waals surface area (Å²) in [7, 11) is 0. The van der Waals surface area contributed by atoms with Crippen LogP contribution < -0.4 is 5.32 Å². The van der Waals surface area contributed by atoms with Gasteiger partial charge in [0.05, 0.1) is 10.5 Å². The van der Waals surface area contributed by atoms with Crippen molar-refractivity contribution in [3.8, 4) is 11.3 Å². The van der Waals surface area contributed by atoms with Crippen molar-refractivity contribution < 1.29 is 14.1 Å². The van der Waals surface area contributed by atoms with Gasteiger partial charge in [0.1, 0.15) is 17.3 Å². The molecule has 1 N–H and O–H groups in total. The molecule has 0 unspecified atom stereocenters. The minimum absolute atomic E-state index is 0.0450. The van der Waals surface area contributed by atoms with E-state index in [2.05, 4.69) is 26.2 Å². The second-order valence-electron chi connectivity index (χ2n) is 5.16. The highest BCUT2D eigenvalue weighted by Gasteiger charge is 2.16. The number of amides is 1. The predicted octanol–water partition coefficient (Wildman–Crippen LogP) is 4.66. The molecule has 1 aromatic carbocycles. The highest BCUT2D eigenvalue weighted by molar-refractivity contribution is 9.10. The maximum atomic E-state index is 11.9. The molecule has 0 aliphatic rings. The molecule has 2 heterocycles. The van der Waals surface area contributed by atoms with Gasteiger partial charge in [0.25, 0.3) is 5.69 Å². The van der Waals surface area contributed by atoms with Crippen molar-refractivity contribution in [3.05, 3.63) is 81.2 Å². The number of nitro benzene ring substituents is 1. The first-order valence-corrected chi connectivity index (χ1v) is 8.26. The Hall–Kier alpha value is -3.26. The predicted molar refractivity (Wildman–Crippen MR) is 100 cm³/mol. The molecule has 0 saturated carbocycles. The Kier molecular flexibility index (Phi) is 5.23. The van der Waals surface area contributed by atoms with Crippen molar-refractivity contribution in [2.75, 3.05) is 5.32 Å². The van der Waals surface area contributed by atoms with Gasteiger partial charge >= 0.3 is 0 Å². The van der Waals surface area contributed by atoms with Crippen LogP contribution in [0.5, 0.6) is 0 Å². The van der Waals surface area contributed by atoms with E-state index >= 15 is 0 Å². The Morgan fingerprint density at radius 1 is 1.19 bits per heavy atom. The van der Waals surface area contributed by atoms with E-state index in [1.54, 1.807) is 48.7 Å². The van der Waals surface area contributed by atoms with Crippen LogP contribution in [0.4, 0.5) is 11.5 Å². The molecular weight excluding hydrogens is 402 g/mol. The molecule has 0 aliphatic carbocycles. The third kappa shape index (κ3) is 4.22. The van der Waals surface area contributed by atoms with Crippen LogP contribution in [0.3, 0.4) is 0 Å². The van der Waals surface area contributed by atoms with Crippen LogP contribution in [0, 0.1) is 10.1 Å². The van der Waals surface area contributed by atoms with E-state index in [9.17, 15) is 14.9 Å². The lowest BCUT2D eigenvalue weighted by Crippen LogP contribution is -2.08. The largest absolute Gasteiger partial charge is 0.456 e. The molecule has 0 aliphatic heterocycles. The first-order valence-electron chi connectivity index (χ1n) is 7.47. The summed E-state index contributed by atoms with van der Waals surface area (Å²) < 4.78 is 6.39. The summed E-state index contributed by atoms with van der Waals surface area (Å²) in [5.74, 6) is 0.801. The fourth-order valence-electron chi connectivity index (χ4n) is 2.20. The van der Waals surface area contributed by atoms with Crippen molar-refractivity contribution in [1.82, 2.24) is 4.98 Å². The van der Waals surface area contributed by atoms with E-state index in [1.807, 2.05) is 0 Å². The first-order chi connectivity index (χ1) is 12.5. The molecular formula is C18H12BrN3O4. The lowest BCUT2D eigenvalue weighted by Gasteiger charge is -2.00. The van der Waals surface area contributed by atoms with Crippen molar-refractivity contribution >= 4 is 39.4 Å². The quantitative estimate of drug-likeness (QED) is 0.372. The van der Waals surface area contributed by atoms with E-state index in [0.29, 0.717) is 22.9 Å². The van der Waals surface area contributed by atoms with Crippen LogP contribution in [0.1, 0.15) is 5.76 Å². The number of para-hydroxylation sites is 1. The fourth-order valence-corrected chi connectivity index (χ4v) is 2.44. The molecule has 8 heteroatoms. The standard InChI is InChI=1S/C18H12BrN3O4/c19-12-5-9-17(20-11-12)21-18(23)10-7-13-6-8-16(26-13)14-3-1-2-4-15(14)22(24)25/h1-11H,(H,20,21,23). The summed E-state index contributed by atoms with van der Waals surface area (Å²) >= 11 is 3.26. The minimum Gasteiger partial charge on any atom is -0.456 e. The number of nitrogens with zero attached hydrogens (tertiary/aromatic N) is 2. The molecule has 130 valence electrons. The van der Waals surface area contributed by atoms with Crippen LogP contribution in [0.2, 0.25) is 0 Å². The van der Waals surface area contributed by atoms with Gasteiger partial charge in [-0.25, -0.2) is 4.98 Å². The molecule has 0 fully saturated rings. The molecule has 0 radical (unpaired) electrons. The summed E-state index contributed by atoms with van der Waals surface area (Å²) in [6.45, 7) is 0. The number of carbonyl (C=O) groups is 1.